The lowest BCUT2D eigenvalue weighted by Crippen LogP contribution is -2.00. The smallest absolute Gasteiger partial charge is 0.00881 e. The SMILES string of the molecule is C1=Cc2c(ccc3c2CCCCCCCCC3)C1. The summed E-state index contributed by atoms with van der Waals surface area (Å²) in [6.45, 7) is 0. The number of rotatable bonds is 0. The molecule has 2 aliphatic carbocycles. The molecular formula is C18H24. The Bertz CT molecular complexity index is 440. The van der Waals surface area contributed by atoms with Crippen LogP contribution in [0.15, 0.2) is 18.2 Å². The van der Waals surface area contributed by atoms with Gasteiger partial charge in [0.1, 0.15) is 0 Å². The van der Waals surface area contributed by atoms with Crippen LogP contribution in [0.5, 0.6) is 0 Å². The summed E-state index contributed by atoms with van der Waals surface area (Å²) in [5.41, 5.74) is 6.46. The Morgan fingerprint density at radius 3 is 2.17 bits per heavy atom. The third-order valence-electron chi connectivity index (χ3n) is 4.54. The molecule has 3 rings (SSSR count). The molecule has 0 saturated heterocycles. The summed E-state index contributed by atoms with van der Waals surface area (Å²) >= 11 is 0. The van der Waals surface area contributed by atoms with Crippen molar-refractivity contribution < 1.29 is 0 Å². The van der Waals surface area contributed by atoms with Crippen LogP contribution in [-0.2, 0) is 19.3 Å². The van der Waals surface area contributed by atoms with E-state index in [2.05, 4.69) is 24.3 Å². The van der Waals surface area contributed by atoms with Crippen molar-refractivity contribution in [1.82, 2.24) is 0 Å². The second kappa shape index (κ2) is 5.73. The van der Waals surface area contributed by atoms with E-state index in [4.69, 9.17) is 0 Å². The minimum Gasteiger partial charge on any atom is -0.0795 e. The van der Waals surface area contributed by atoms with Crippen LogP contribution in [0.25, 0.3) is 6.08 Å². The average molecular weight is 240 g/mol. The van der Waals surface area contributed by atoms with Crippen molar-refractivity contribution in [3.05, 3.63) is 40.5 Å². The first kappa shape index (κ1) is 12.0. The van der Waals surface area contributed by atoms with Crippen LogP contribution in [0.1, 0.15) is 67.2 Å². The number of fused-ring (bicyclic) bond motifs is 3. The molecule has 0 nitrogen and oxygen atoms in total. The van der Waals surface area contributed by atoms with Crippen LogP contribution in [0.2, 0.25) is 0 Å². The Labute approximate surface area is 111 Å². The standard InChI is InChI=1S/C18H24/c1-2-4-6-9-15-13-14-16-10-8-12-18(16)17(15)11-7-5-3-1/h8,12-14H,1-7,9-11H2. The van der Waals surface area contributed by atoms with Gasteiger partial charge in [-0.25, -0.2) is 0 Å². The maximum absolute atomic E-state index is 2.42. The maximum atomic E-state index is 2.42. The van der Waals surface area contributed by atoms with Gasteiger partial charge < -0.3 is 0 Å². The van der Waals surface area contributed by atoms with Crippen molar-refractivity contribution in [2.75, 3.05) is 0 Å². The molecule has 0 bridgehead atoms. The first-order chi connectivity index (χ1) is 8.95. The molecule has 0 aromatic heterocycles. The lowest BCUT2D eigenvalue weighted by atomic mass is 9.91. The van der Waals surface area contributed by atoms with Crippen LogP contribution in [0.3, 0.4) is 0 Å². The highest BCUT2D eigenvalue weighted by Crippen LogP contribution is 2.29. The number of allylic oxidation sites excluding steroid dienone is 1. The summed E-state index contributed by atoms with van der Waals surface area (Å²) < 4.78 is 0. The molecule has 0 atom stereocenters. The molecule has 96 valence electrons. The van der Waals surface area contributed by atoms with E-state index in [-0.39, 0.29) is 0 Å². The van der Waals surface area contributed by atoms with Gasteiger partial charge in [0.15, 0.2) is 0 Å². The van der Waals surface area contributed by atoms with E-state index >= 15 is 0 Å². The normalized spacial score (nSPS) is 20.0. The number of benzene rings is 1. The van der Waals surface area contributed by atoms with Crippen LogP contribution in [0.4, 0.5) is 0 Å². The molecule has 0 heterocycles. The predicted octanol–water partition coefficient (Wildman–Crippen LogP) is 5.09. The fourth-order valence-corrected chi connectivity index (χ4v) is 3.48. The monoisotopic (exact) mass is 240 g/mol. The lowest BCUT2D eigenvalue weighted by Gasteiger charge is -2.14. The zero-order chi connectivity index (χ0) is 12.2. The van der Waals surface area contributed by atoms with Crippen LogP contribution >= 0.6 is 0 Å². The van der Waals surface area contributed by atoms with Gasteiger partial charge in [0.25, 0.3) is 0 Å². The molecule has 0 spiro atoms. The summed E-state index contributed by atoms with van der Waals surface area (Å²) in [4.78, 5) is 0. The first-order valence-electron chi connectivity index (χ1n) is 7.75. The highest BCUT2D eigenvalue weighted by molar-refractivity contribution is 5.65. The Hall–Kier alpha value is -1.04. The summed E-state index contributed by atoms with van der Waals surface area (Å²) in [5, 5.41) is 0. The average Bonchev–Trinajstić information content (AvgIpc) is 2.83. The molecule has 0 heteroatoms. The van der Waals surface area contributed by atoms with Crippen LogP contribution < -0.4 is 0 Å². The number of aryl methyl sites for hydroxylation is 1. The molecule has 0 saturated carbocycles. The molecular weight excluding hydrogens is 216 g/mol. The van der Waals surface area contributed by atoms with Crippen molar-refractivity contribution in [2.24, 2.45) is 0 Å². The van der Waals surface area contributed by atoms with Crippen molar-refractivity contribution in [1.29, 1.82) is 0 Å². The van der Waals surface area contributed by atoms with E-state index < -0.39 is 0 Å². The number of hydrogen-bond donors (Lipinski definition) is 0. The van der Waals surface area contributed by atoms with Crippen molar-refractivity contribution in [2.45, 2.75) is 64.2 Å². The largest absolute Gasteiger partial charge is 0.0795 e. The van der Waals surface area contributed by atoms with Crippen molar-refractivity contribution in [3.8, 4) is 0 Å². The molecule has 0 aliphatic heterocycles. The van der Waals surface area contributed by atoms with Gasteiger partial charge in [-0.3, -0.25) is 0 Å². The van der Waals surface area contributed by atoms with E-state index in [0.29, 0.717) is 0 Å². The summed E-state index contributed by atoms with van der Waals surface area (Å²) in [6, 6.07) is 4.78. The van der Waals surface area contributed by atoms with E-state index in [1.807, 2.05) is 0 Å². The summed E-state index contributed by atoms with van der Waals surface area (Å²) in [5.74, 6) is 0. The topological polar surface area (TPSA) is 0 Å². The molecule has 1 aromatic carbocycles. The van der Waals surface area contributed by atoms with Gasteiger partial charge in [-0.1, -0.05) is 56.4 Å². The minimum atomic E-state index is 1.16. The Morgan fingerprint density at radius 1 is 0.667 bits per heavy atom. The molecule has 2 aliphatic rings. The van der Waals surface area contributed by atoms with Crippen molar-refractivity contribution in [3.63, 3.8) is 0 Å². The zero-order valence-electron chi connectivity index (χ0n) is 11.4. The van der Waals surface area contributed by atoms with E-state index in [1.54, 1.807) is 22.3 Å². The lowest BCUT2D eigenvalue weighted by molar-refractivity contribution is 0.587. The van der Waals surface area contributed by atoms with E-state index in [0.717, 1.165) is 6.42 Å². The van der Waals surface area contributed by atoms with Crippen molar-refractivity contribution >= 4 is 6.08 Å². The molecule has 0 fully saturated rings. The highest BCUT2D eigenvalue weighted by atomic mass is 14.2. The summed E-state index contributed by atoms with van der Waals surface area (Å²) in [7, 11) is 0. The fraction of sp³-hybridized carbons (Fsp3) is 0.556. The minimum absolute atomic E-state index is 1.16. The third kappa shape index (κ3) is 2.53. The first-order valence-corrected chi connectivity index (χ1v) is 7.75. The molecule has 0 unspecified atom stereocenters. The second-order valence-electron chi connectivity index (χ2n) is 5.86. The zero-order valence-corrected chi connectivity index (χ0v) is 11.4. The Morgan fingerprint density at radius 2 is 1.33 bits per heavy atom. The van der Waals surface area contributed by atoms with Crippen LogP contribution in [0, 0.1) is 0 Å². The molecule has 0 radical (unpaired) electrons. The van der Waals surface area contributed by atoms with Gasteiger partial charge in [0, 0.05) is 0 Å². The quantitative estimate of drug-likeness (QED) is 0.593. The van der Waals surface area contributed by atoms with Gasteiger partial charge in [0.2, 0.25) is 0 Å². The van der Waals surface area contributed by atoms with E-state index in [9.17, 15) is 0 Å². The van der Waals surface area contributed by atoms with Gasteiger partial charge in [-0.15, -0.1) is 0 Å². The summed E-state index contributed by atoms with van der Waals surface area (Å²) in [6.07, 6.45) is 18.4. The highest BCUT2D eigenvalue weighted by Gasteiger charge is 2.14. The molecule has 1 aromatic rings. The third-order valence-corrected chi connectivity index (χ3v) is 4.54. The molecule has 0 amide bonds. The fourth-order valence-electron chi connectivity index (χ4n) is 3.48. The van der Waals surface area contributed by atoms with E-state index in [1.165, 1.54) is 57.8 Å². The van der Waals surface area contributed by atoms with Gasteiger partial charge in [0.05, 0.1) is 0 Å². The molecule has 18 heavy (non-hydrogen) atoms. The van der Waals surface area contributed by atoms with Gasteiger partial charge in [-0.2, -0.15) is 0 Å². The van der Waals surface area contributed by atoms with Gasteiger partial charge in [-0.05, 0) is 54.4 Å². The molecule has 0 N–H and O–H groups in total. The van der Waals surface area contributed by atoms with Gasteiger partial charge >= 0.3 is 0 Å². The number of hydrogen-bond acceptors (Lipinski definition) is 0. The Kier molecular flexibility index (Phi) is 3.83. The maximum Gasteiger partial charge on any atom is -0.00881 e. The predicted molar refractivity (Wildman–Crippen MR) is 78.9 cm³/mol. The second-order valence-corrected chi connectivity index (χ2v) is 5.86. The Balaban J connectivity index is 1.89. The van der Waals surface area contributed by atoms with Crippen LogP contribution in [-0.4, -0.2) is 0 Å².